The van der Waals surface area contributed by atoms with Gasteiger partial charge in [0.25, 0.3) is 5.91 Å². The highest BCUT2D eigenvalue weighted by atomic mass is 16.4. The average molecular weight is 300 g/mol. The van der Waals surface area contributed by atoms with E-state index in [0.717, 1.165) is 5.56 Å². The number of hydrogen-bond donors (Lipinski definition) is 1. The minimum Gasteiger partial charge on any atom is -0.481 e. The van der Waals surface area contributed by atoms with E-state index in [2.05, 4.69) is 4.98 Å². The maximum Gasteiger partial charge on any atom is 0.308 e. The van der Waals surface area contributed by atoms with Gasteiger partial charge in [0.05, 0.1) is 11.6 Å². The molecule has 2 atom stereocenters. The number of carbonyl (C=O) groups excluding carboxylic acids is 1. The molecular formula is C16H16N2O4. The summed E-state index contributed by atoms with van der Waals surface area (Å²) in [5, 5.41) is 9.46. The van der Waals surface area contributed by atoms with E-state index in [1.54, 1.807) is 6.92 Å². The number of aryl methyl sites for hydroxylation is 1. The van der Waals surface area contributed by atoms with Crippen molar-refractivity contribution >= 4 is 11.9 Å². The Kier molecular flexibility index (Phi) is 3.66. The number of aliphatic carboxylic acids is 1. The largest absolute Gasteiger partial charge is 0.481 e. The highest BCUT2D eigenvalue weighted by Crippen LogP contribution is 2.33. The van der Waals surface area contributed by atoms with Gasteiger partial charge in [0, 0.05) is 19.0 Å². The van der Waals surface area contributed by atoms with Crippen molar-refractivity contribution in [2.75, 3.05) is 13.1 Å². The summed E-state index contributed by atoms with van der Waals surface area (Å²) in [4.78, 5) is 29.4. The Hall–Kier alpha value is -2.63. The lowest BCUT2D eigenvalue weighted by atomic mass is 9.89. The molecule has 0 radical (unpaired) electrons. The number of carboxylic acid groups (broad SMARTS) is 1. The molecule has 1 fully saturated rings. The van der Waals surface area contributed by atoms with Crippen molar-refractivity contribution in [3.8, 4) is 0 Å². The van der Waals surface area contributed by atoms with Crippen LogP contribution in [0.15, 0.2) is 41.1 Å². The summed E-state index contributed by atoms with van der Waals surface area (Å²) in [7, 11) is 0. The molecule has 1 aliphatic heterocycles. The molecule has 1 aromatic carbocycles. The zero-order chi connectivity index (χ0) is 15.7. The number of oxazole rings is 1. The Bertz CT molecular complexity index is 695. The normalized spacial score (nSPS) is 21.0. The molecule has 0 spiro atoms. The lowest BCUT2D eigenvalue weighted by Crippen LogP contribution is -2.30. The Morgan fingerprint density at radius 1 is 1.27 bits per heavy atom. The van der Waals surface area contributed by atoms with Crippen LogP contribution in [0.3, 0.4) is 0 Å². The van der Waals surface area contributed by atoms with Gasteiger partial charge in [-0.2, -0.15) is 0 Å². The van der Waals surface area contributed by atoms with Crippen LogP contribution in [0.4, 0.5) is 0 Å². The summed E-state index contributed by atoms with van der Waals surface area (Å²) in [6.45, 7) is 2.23. The molecule has 1 N–H and O–H groups in total. The number of carbonyl (C=O) groups is 2. The van der Waals surface area contributed by atoms with Gasteiger partial charge in [0.2, 0.25) is 5.76 Å². The number of nitrogens with zero attached hydrogens (tertiary/aromatic N) is 2. The Labute approximate surface area is 127 Å². The summed E-state index contributed by atoms with van der Waals surface area (Å²) in [5.74, 6) is -1.85. The van der Waals surface area contributed by atoms with E-state index in [4.69, 9.17) is 4.42 Å². The van der Waals surface area contributed by atoms with Gasteiger partial charge in [0.15, 0.2) is 6.39 Å². The van der Waals surface area contributed by atoms with Gasteiger partial charge >= 0.3 is 5.97 Å². The van der Waals surface area contributed by atoms with Crippen molar-refractivity contribution in [2.45, 2.75) is 12.8 Å². The quantitative estimate of drug-likeness (QED) is 0.936. The molecule has 0 saturated carbocycles. The van der Waals surface area contributed by atoms with Gasteiger partial charge in [-0.1, -0.05) is 30.3 Å². The SMILES string of the molecule is Cc1ncoc1C(=O)N1CC(C(=O)O)C(c2ccccc2)C1. The maximum absolute atomic E-state index is 12.5. The molecule has 3 rings (SSSR count). The van der Waals surface area contributed by atoms with Crippen molar-refractivity contribution < 1.29 is 19.1 Å². The van der Waals surface area contributed by atoms with Crippen LogP contribution < -0.4 is 0 Å². The third-order valence-electron chi connectivity index (χ3n) is 4.09. The Morgan fingerprint density at radius 3 is 2.59 bits per heavy atom. The fraction of sp³-hybridized carbons (Fsp3) is 0.312. The second kappa shape index (κ2) is 5.63. The van der Waals surface area contributed by atoms with Crippen molar-refractivity contribution in [1.82, 2.24) is 9.88 Å². The predicted octanol–water partition coefficient (Wildman–Crippen LogP) is 1.92. The molecule has 114 valence electrons. The van der Waals surface area contributed by atoms with Crippen LogP contribution in [0.5, 0.6) is 0 Å². The lowest BCUT2D eigenvalue weighted by molar-refractivity contribution is -0.141. The molecule has 2 unspecified atom stereocenters. The Balaban J connectivity index is 1.86. The number of rotatable bonds is 3. The van der Waals surface area contributed by atoms with E-state index >= 15 is 0 Å². The van der Waals surface area contributed by atoms with E-state index in [0.29, 0.717) is 12.2 Å². The number of likely N-dealkylation sites (tertiary alicyclic amines) is 1. The van der Waals surface area contributed by atoms with Crippen molar-refractivity contribution in [1.29, 1.82) is 0 Å². The van der Waals surface area contributed by atoms with E-state index in [1.807, 2.05) is 30.3 Å². The topological polar surface area (TPSA) is 83.6 Å². The van der Waals surface area contributed by atoms with Gasteiger partial charge in [-0.25, -0.2) is 4.98 Å². The first kappa shape index (κ1) is 14.3. The van der Waals surface area contributed by atoms with Gasteiger partial charge in [0.1, 0.15) is 0 Å². The zero-order valence-electron chi connectivity index (χ0n) is 12.1. The van der Waals surface area contributed by atoms with Gasteiger partial charge in [-0.15, -0.1) is 0 Å². The molecule has 2 aromatic rings. The summed E-state index contributed by atoms with van der Waals surface area (Å²) >= 11 is 0. The van der Waals surface area contributed by atoms with Gasteiger partial charge < -0.3 is 14.4 Å². The number of aromatic nitrogens is 1. The van der Waals surface area contributed by atoms with Crippen LogP contribution in [-0.2, 0) is 4.79 Å². The number of benzene rings is 1. The highest BCUT2D eigenvalue weighted by Gasteiger charge is 2.41. The van der Waals surface area contributed by atoms with E-state index in [9.17, 15) is 14.7 Å². The van der Waals surface area contributed by atoms with Crippen LogP contribution in [-0.4, -0.2) is 40.0 Å². The summed E-state index contributed by atoms with van der Waals surface area (Å²) in [6, 6.07) is 9.43. The molecule has 0 aliphatic carbocycles. The van der Waals surface area contributed by atoms with Gasteiger partial charge in [-0.05, 0) is 12.5 Å². The molecule has 1 amide bonds. The second-order valence-electron chi connectivity index (χ2n) is 5.44. The zero-order valence-corrected chi connectivity index (χ0v) is 12.1. The molecule has 6 heteroatoms. The average Bonchev–Trinajstić information content (AvgIpc) is 3.14. The van der Waals surface area contributed by atoms with E-state index in [1.165, 1.54) is 11.3 Å². The van der Waals surface area contributed by atoms with Crippen LogP contribution in [0.2, 0.25) is 0 Å². The molecule has 1 saturated heterocycles. The molecule has 6 nitrogen and oxygen atoms in total. The van der Waals surface area contributed by atoms with Crippen LogP contribution in [0, 0.1) is 12.8 Å². The van der Waals surface area contributed by atoms with E-state index < -0.39 is 11.9 Å². The van der Waals surface area contributed by atoms with Crippen LogP contribution in [0.25, 0.3) is 0 Å². The fourth-order valence-electron chi connectivity index (χ4n) is 2.91. The smallest absolute Gasteiger partial charge is 0.308 e. The number of carboxylic acids is 1. The molecule has 2 heterocycles. The highest BCUT2D eigenvalue weighted by molar-refractivity contribution is 5.93. The summed E-state index contributed by atoms with van der Waals surface area (Å²) < 4.78 is 5.13. The van der Waals surface area contributed by atoms with Crippen molar-refractivity contribution in [3.05, 3.63) is 53.7 Å². The first-order valence-electron chi connectivity index (χ1n) is 7.05. The lowest BCUT2D eigenvalue weighted by Gasteiger charge is -2.15. The summed E-state index contributed by atoms with van der Waals surface area (Å²) in [5.41, 5.74) is 1.44. The molecular weight excluding hydrogens is 284 g/mol. The van der Waals surface area contributed by atoms with Crippen LogP contribution in [0.1, 0.15) is 27.7 Å². The van der Waals surface area contributed by atoms with Gasteiger partial charge in [-0.3, -0.25) is 9.59 Å². The molecule has 22 heavy (non-hydrogen) atoms. The van der Waals surface area contributed by atoms with Crippen molar-refractivity contribution in [2.24, 2.45) is 5.92 Å². The predicted molar refractivity (Wildman–Crippen MR) is 77.5 cm³/mol. The standard InChI is InChI=1S/C16H16N2O4/c1-10-14(22-9-17-10)15(19)18-7-12(13(8-18)16(20)21)11-5-3-2-4-6-11/h2-6,9,12-13H,7-8H2,1H3,(H,20,21). The van der Waals surface area contributed by atoms with E-state index in [-0.39, 0.29) is 24.1 Å². The monoisotopic (exact) mass is 300 g/mol. The van der Waals surface area contributed by atoms with Crippen molar-refractivity contribution in [3.63, 3.8) is 0 Å². The minimum atomic E-state index is -0.890. The Morgan fingerprint density at radius 2 is 2.00 bits per heavy atom. The maximum atomic E-state index is 12.5. The second-order valence-corrected chi connectivity index (χ2v) is 5.44. The first-order chi connectivity index (χ1) is 10.6. The minimum absolute atomic E-state index is 0.174. The molecule has 0 bridgehead atoms. The fourth-order valence-corrected chi connectivity index (χ4v) is 2.91. The summed E-state index contributed by atoms with van der Waals surface area (Å²) in [6.07, 6.45) is 1.22. The molecule has 1 aromatic heterocycles. The number of amides is 1. The number of hydrogen-bond acceptors (Lipinski definition) is 4. The van der Waals surface area contributed by atoms with Crippen LogP contribution >= 0.6 is 0 Å². The molecule has 1 aliphatic rings. The first-order valence-corrected chi connectivity index (χ1v) is 7.05. The third-order valence-corrected chi connectivity index (χ3v) is 4.09. The third kappa shape index (κ3) is 2.47.